The molecule has 1 saturated heterocycles. The number of carbonyl (C=O) groups excluding carboxylic acids is 2. The predicted octanol–water partition coefficient (Wildman–Crippen LogP) is 3.24. The van der Waals surface area contributed by atoms with Crippen LogP contribution in [0, 0.1) is 0 Å². The summed E-state index contributed by atoms with van der Waals surface area (Å²) in [5.41, 5.74) is 7.38. The van der Waals surface area contributed by atoms with E-state index in [0.717, 1.165) is 17.3 Å². The molecule has 0 bridgehead atoms. The molecule has 2 aromatic carbocycles. The third-order valence-corrected chi connectivity index (χ3v) is 4.86. The maximum Gasteiger partial charge on any atom is 0.254 e. The van der Waals surface area contributed by atoms with Gasteiger partial charge in [-0.1, -0.05) is 34.1 Å². The fourth-order valence-corrected chi connectivity index (χ4v) is 3.16. The maximum absolute atomic E-state index is 12.8. The Balaban J connectivity index is 1.89. The standard InChI is InChI=1S/C19H19BrN2O2/c20-14-7-5-13(6-8-14)18(23)16-3-1-2-4-17(16)19(24)22-11-9-15(21)10-12-22/h1-8,15H,9-12,21H2. The van der Waals surface area contributed by atoms with Gasteiger partial charge in [0.1, 0.15) is 0 Å². The van der Waals surface area contributed by atoms with Crippen molar-refractivity contribution in [2.45, 2.75) is 18.9 Å². The van der Waals surface area contributed by atoms with Crippen molar-refractivity contribution in [1.29, 1.82) is 0 Å². The molecule has 0 atom stereocenters. The predicted molar refractivity (Wildman–Crippen MR) is 97.1 cm³/mol. The van der Waals surface area contributed by atoms with E-state index in [1.165, 1.54) is 0 Å². The lowest BCUT2D eigenvalue weighted by Gasteiger charge is -2.30. The first kappa shape index (κ1) is 16.9. The molecule has 2 N–H and O–H groups in total. The van der Waals surface area contributed by atoms with Gasteiger partial charge in [0, 0.05) is 34.7 Å². The fourth-order valence-electron chi connectivity index (χ4n) is 2.90. The first-order valence-corrected chi connectivity index (χ1v) is 8.79. The molecule has 2 aromatic rings. The van der Waals surface area contributed by atoms with Crippen LogP contribution >= 0.6 is 15.9 Å². The number of rotatable bonds is 3. The Morgan fingerprint density at radius 1 is 0.958 bits per heavy atom. The van der Waals surface area contributed by atoms with Crippen molar-refractivity contribution in [2.24, 2.45) is 5.73 Å². The second-order valence-electron chi connectivity index (χ2n) is 6.01. The zero-order valence-electron chi connectivity index (χ0n) is 13.2. The van der Waals surface area contributed by atoms with Crippen LogP contribution < -0.4 is 5.73 Å². The zero-order chi connectivity index (χ0) is 17.1. The van der Waals surface area contributed by atoms with Crippen LogP contribution in [0.15, 0.2) is 53.0 Å². The summed E-state index contributed by atoms with van der Waals surface area (Å²) >= 11 is 3.36. The normalized spacial score (nSPS) is 15.3. The van der Waals surface area contributed by atoms with E-state index in [4.69, 9.17) is 5.73 Å². The van der Waals surface area contributed by atoms with Gasteiger partial charge in [-0.3, -0.25) is 9.59 Å². The first-order chi connectivity index (χ1) is 11.6. The topological polar surface area (TPSA) is 63.4 Å². The van der Waals surface area contributed by atoms with Crippen molar-refractivity contribution in [1.82, 2.24) is 4.90 Å². The van der Waals surface area contributed by atoms with Crippen LogP contribution in [0.5, 0.6) is 0 Å². The lowest BCUT2D eigenvalue weighted by molar-refractivity contribution is 0.0711. The van der Waals surface area contributed by atoms with Crippen molar-refractivity contribution < 1.29 is 9.59 Å². The molecule has 1 heterocycles. The highest BCUT2D eigenvalue weighted by atomic mass is 79.9. The smallest absolute Gasteiger partial charge is 0.254 e. The molecule has 1 amide bonds. The number of halogens is 1. The van der Waals surface area contributed by atoms with E-state index >= 15 is 0 Å². The summed E-state index contributed by atoms with van der Waals surface area (Å²) in [6, 6.07) is 14.3. The molecule has 124 valence electrons. The number of amides is 1. The van der Waals surface area contributed by atoms with Crippen molar-refractivity contribution in [3.63, 3.8) is 0 Å². The Hall–Kier alpha value is -1.98. The molecule has 0 saturated carbocycles. The van der Waals surface area contributed by atoms with E-state index < -0.39 is 0 Å². The van der Waals surface area contributed by atoms with E-state index in [-0.39, 0.29) is 17.7 Å². The van der Waals surface area contributed by atoms with Gasteiger partial charge in [0.2, 0.25) is 0 Å². The highest BCUT2D eigenvalue weighted by Crippen LogP contribution is 2.20. The molecule has 1 aliphatic heterocycles. The number of likely N-dealkylation sites (tertiary alicyclic amines) is 1. The molecular formula is C19H19BrN2O2. The molecule has 5 heteroatoms. The number of nitrogens with two attached hydrogens (primary N) is 1. The molecule has 0 aliphatic carbocycles. The molecule has 4 nitrogen and oxygen atoms in total. The van der Waals surface area contributed by atoms with E-state index in [9.17, 15) is 9.59 Å². The average Bonchev–Trinajstić information content (AvgIpc) is 2.62. The highest BCUT2D eigenvalue weighted by Gasteiger charge is 2.25. The Morgan fingerprint density at radius 3 is 2.17 bits per heavy atom. The summed E-state index contributed by atoms with van der Waals surface area (Å²) in [6.45, 7) is 1.28. The van der Waals surface area contributed by atoms with Crippen molar-refractivity contribution in [3.05, 3.63) is 69.7 Å². The van der Waals surface area contributed by atoms with E-state index in [1.807, 2.05) is 12.1 Å². The van der Waals surface area contributed by atoms with Crippen LogP contribution in [0.3, 0.4) is 0 Å². The molecule has 0 spiro atoms. The van der Waals surface area contributed by atoms with E-state index in [0.29, 0.717) is 29.8 Å². The van der Waals surface area contributed by atoms with Gasteiger partial charge in [-0.2, -0.15) is 0 Å². The molecule has 24 heavy (non-hydrogen) atoms. The van der Waals surface area contributed by atoms with Crippen LogP contribution in [0.25, 0.3) is 0 Å². The zero-order valence-corrected chi connectivity index (χ0v) is 14.8. The number of nitrogens with zero attached hydrogens (tertiary/aromatic N) is 1. The van der Waals surface area contributed by atoms with Gasteiger partial charge in [0.25, 0.3) is 5.91 Å². The minimum Gasteiger partial charge on any atom is -0.339 e. The van der Waals surface area contributed by atoms with Gasteiger partial charge >= 0.3 is 0 Å². The quantitative estimate of drug-likeness (QED) is 0.823. The second-order valence-corrected chi connectivity index (χ2v) is 6.93. The Labute approximate surface area is 149 Å². The van der Waals surface area contributed by atoms with Crippen LogP contribution in [0.2, 0.25) is 0 Å². The van der Waals surface area contributed by atoms with Crippen LogP contribution in [-0.2, 0) is 0 Å². The largest absolute Gasteiger partial charge is 0.339 e. The summed E-state index contributed by atoms with van der Waals surface area (Å²) < 4.78 is 0.910. The van der Waals surface area contributed by atoms with Crippen LogP contribution in [-0.4, -0.2) is 35.7 Å². The summed E-state index contributed by atoms with van der Waals surface area (Å²) in [5, 5.41) is 0. The van der Waals surface area contributed by atoms with Gasteiger partial charge in [-0.05, 0) is 43.2 Å². The van der Waals surface area contributed by atoms with E-state index in [1.54, 1.807) is 41.3 Å². The monoisotopic (exact) mass is 386 g/mol. The highest BCUT2D eigenvalue weighted by molar-refractivity contribution is 9.10. The minimum atomic E-state index is -0.139. The van der Waals surface area contributed by atoms with Gasteiger partial charge in [-0.25, -0.2) is 0 Å². The number of piperidine rings is 1. The maximum atomic E-state index is 12.8. The average molecular weight is 387 g/mol. The van der Waals surface area contributed by atoms with Crippen molar-refractivity contribution in [3.8, 4) is 0 Å². The molecule has 1 fully saturated rings. The molecule has 1 aliphatic rings. The van der Waals surface area contributed by atoms with Gasteiger partial charge < -0.3 is 10.6 Å². The molecule has 0 aromatic heterocycles. The number of carbonyl (C=O) groups is 2. The Morgan fingerprint density at radius 2 is 1.54 bits per heavy atom. The number of ketones is 1. The first-order valence-electron chi connectivity index (χ1n) is 8.00. The SMILES string of the molecule is NC1CCN(C(=O)c2ccccc2C(=O)c2ccc(Br)cc2)CC1. The second kappa shape index (κ2) is 7.28. The summed E-state index contributed by atoms with van der Waals surface area (Å²) in [5.74, 6) is -0.233. The van der Waals surface area contributed by atoms with Crippen molar-refractivity contribution >= 4 is 27.6 Å². The van der Waals surface area contributed by atoms with Crippen LogP contribution in [0.1, 0.15) is 39.1 Å². The molecule has 3 rings (SSSR count). The summed E-state index contributed by atoms with van der Waals surface area (Å²) in [6.07, 6.45) is 1.60. The number of hydrogen-bond donors (Lipinski definition) is 1. The van der Waals surface area contributed by atoms with E-state index in [2.05, 4.69) is 15.9 Å². The lowest BCUT2D eigenvalue weighted by Crippen LogP contribution is -2.43. The summed E-state index contributed by atoms with van der Waals surface area (Å²) in [4.78, 5) is 27.4. The van der Waals surface area contributed by atoms with Crippen molar-refractivity contribution in [2.75, 3.05) is 13.1 Å². The summed E-state index contributed by atoms with van der Waals surface area (Å²) in [7, 11) is 0. The van der Waals surface area contributed by atoms with Gasteiger partial charge in [0.15, 0.2) is 5.78 Å². The minimum absolute atomic E-state index is 0.0945. The van der Waals surface area contributed by atoms with Gasteiger partial charge in [0.05, 0.1) is 5.56 Å². The lowest BCUT2D eigenvalue weighted by atomic mass is 9.96. The fraction of sp³-hybridized carbons (Fsp3) is 0.263. The molecule has 0 unspecified atom stereocenters. The molecule has 0 radical (unpaired) electrons. The third kappa shape index (κ3) is 3.57. The third-order valence-electron chi connectivity index (χ3n) is 4.34. The number of benzene rings is 2. The molecular weight excluding hydrogens is 368 g/mol. The number of hydrogen-bond acceptors (Lipinski definition) is 3. The Bertz CT molecular complexity index is 750. The van der Waals surface area contributed by atoms with Crippen LogP contribution in [0.4, 0.5) is 0 Å². The Kier molecular flexibility index (Phi) is 5.11. The van der Waals surface area contributed by atoms with Gasteiger partial charge in [-0.15, -0.1) is 0 Å².